The van der Waals surface area contributed by atoms with Gasteiger partial charge in [0.05, 0.1) is 6.61 Å². The first-order chi connectivity index (χ1) is 9.61. The highest BCUT2D eigenvalue weighted by molar-refractivity contribution is 7.99. The van der Waals surface area contributed by atoms with Crippen molar-refractivity contribution in [3.8, 4) is 0 Å². The van der Waals surface area contributed by atoms with Gasteiger partial charge in [0.1, 0.15) is 29.9 Å². The van der Waals surface area contributed by atoms with Crippen LogP contribution in [-0.4, -0.2) is 62.6 Å². The zero-order chi connectivity index (χ0) is 15.0. The summed E-state index contributed by atoms with van der Waals surface area (Å²) in [6, 6.07) is 0. The SMILES string of the molecule is CCCCCCCCS[C@H]1O[C@@H](CO)[C@H](O)[C@@H](O)[C@H]1O. The van der Waals surface area contributed by atoms with Crippen LogP contribution in [0, 0.1) is 0 Å². The van der Waals surface area contributed by atoms with Crippen LogP contribution in [0.5, 0.6) is 0 Å². The normalized spacial score (nSPS) is 34.4. The van der Waals surface area contributed by atoms with Gasteiger partial charge in [-0.15, -0.1) is 11.8 Å². The Morgan fingerprint density at radius 3 is 2.20 bits per heavy atom. The third kappa shape index (κ3) is 5.50. The molecular formula is C14H28O5S. The van der Waals surface area contributed by atoms with Crippen molar-refractivity contribution in [1.82, 2.24) is 0 Å². The lowest BCUT2D eigenvalue weighted by molar-refractivity contribution is -0.205. The summed E-state index contributed by atoms with van der Waals surface area (Å²) >= 11 is 1.44. The van der Waals surface area contributed by atoms with Crippen molar-refractivity contribution < 1.29 is 25.2 Å². The van der Waals surface area contributed by atoms with Crippen LogP contribution in [-0.2, 0) is 4.74 Å². The number of rotatable bonds is 9. The minimum Gasteiger partial charge on any atom is -0.394 e. The Labute approximate surface area is 125 Å². The molecule has 1 saturated heterocycles. The van der Waals surface area contributed by atoms with E-state index in [4.69, 9.17) is 9.84 Å². The van der Waals surface area contributed by atoms with Crippen molar-refractivity contribution in [2.24, 2.45) is 0 Å². The molecular weight excluding hydrogens is 280 g/mol. The van der Waals surface area contributed by atoms with Crippen LogP contribution in [0.4, 0.5) is 0 Å². The molecule has 0 radical (unpaired) electrons. The Balaban J connectivity index is 2.21. The van der Waals surface area contributed by atoms with Crippen LogP contribution in [0.1, 0.15) is 45.4 Å². The fraction of sp³-hybridized carbons (Fsp3) is 1.00. The highest BCUT2D eigenvalue weighted by Crippen LogP contribution is 2.29. The summed E-state index contributed by atoms with van der Waals surface area (Å²) in [5.41, 5.74) is -0.582. The van der Waals surface area contributed by atoms with E-state index in [0.717, 1.165) is 18.6 Å². The molecule has 20 heavy (non-hydrogen) atoms. The van der Waals surface area contributed by atoms with Gasteiger partial charge in [0, 0.05) is 0 Å². The van der Waals surface area contributed by atoms with Crippen LogP contribution in [0.25, 0.3) is 0 Å². The standard InChI is InChI=1S/C14H28O5S/c1-2-3-4-5-6-7-8-20-14-13(18)12(17)11(16)10(9-15)19-14/h10-18H,2-9H2,1H3/t10-,11-,12+,13+,14+/m0/s1. The second-order valence-electron chi connectivity index (χ2n) is 5.34. The Bertz CT molecular complexity index is 252. The fourth-order valence-electron chi connectivity index (χ4n) is 2.29. The molecule has 1 aliphatic heterocycles. The van der Waals surface area contributed by atoms with Gasteiger partial charge < -0.3 is 25.2 Å². The van der Waals surface area contributed by atoms with Gasteiger partial charge in [0.25, 0.3) is 0 Å². The fourth-order valence-corrected chi connectivity index (χ4v) is 3.47. The van der Waals surface area contributed by atoms with Gasteiger partial charge in [-0.05, 0) is 12.2 Å². The first kappa shape index (κ1) is 18.2. The van der Waals surface area contributed by atoms with Crippen LogP contribution < -0.4 is 0 Å². The number of aliphatic hydroxyl groups is 4. The van der Waals surface area contributed by atoms with Gasteiger partial charge in [0.2, 0.25) is 0 Å². The molecule has 1 heterocycles. The maximum absolute atomic E-state index is 9.86. The molecule has 0 aliphatic carbocycles. The molecule has 5 nitrogen and oxygen atoms in total. The van der Waals surface area contributed by atoms with E-state index in [-0.39, 0.29) is 6.61 Å². The number of unbranched alkanes of at least 4 members (excludes halogenated alkanes) is 5. The first-order valence-corrected chi connectivity index (χ1v) is 8.58. The second kappa shape index (κ2) is 9.97. The quantitative estimate of drug-likeness (QED) is 0.473. The molecule has 0 spiro atoms. The molecule has 0 amide bonds. The second-order valence-corrected chi connectivity index (χ2v) is 6.54. The van der Waals surface area contributed by atoms with Gasteiger partial charge in [-0.3, -0.25) is 0 Å². The van der Waals surface area contributed by atoms with Gasteiger partial charge in [-0.25, -0.2) is 0 Å². The number of hydrogen-bond donors (Lipinski definition) is 4. The van der Waals surface area contributed by atoms with Gasteiger partial charge in [0.15, 0.2) is 0 Å². The first-order valence-electron chi connectivity index (χ1n) is 7.54. The molecule has 0 saturated carbocycles. The molecule has 0 bridgehead atoms. The van der Waals surface area contributed by atoms with E-state index in [2.05, 4.69) is 6.92 Å². The smallest absolute Gasteiger partial charge is 0.132 e. The third-order valence-corrected chi connectivity index (χ3v) is 4.87. The largest absolute Gasteiger partial charge is 0.394 e. The summed E-state index contributed by atoms with van der Waals surface area (Å²) in [5.74, 6) is 0.842. The Morgan fingerprint density at radius 1 is 0.900 bits per heavy atom. The minimum atomic E-state index is -1.26. The van der Waals surface area contributed by atoms with Crippen molar-refractivity contribution >= 4 is 11.8 Å². The number of ether oxygens (including phenoxy) is 1. The van der Waals surface area contributed by atoms with Gasteiger partial charge in [-0.1, -0.05) is 39.0 Å². The van der Waals surface area contributed by atoms with Crippen molar-refractivity contribution in [1.29, 1.82) is 0 Å². The molecule has 120 valence electrons. The molecule has 1 rings (SSSR count). The zero-order valence-corrected chi connectivity index (χ0v) is 13.0. The highest BCUT2D eigenvalue weighted by Gasteiger charge is 2.43. The van der Waals surface area contributed by atoms with Crippen LogP contribution in [0.2, 0.25) is 0 Å². The van der Waals surface area contributed by atoms with E-state index in [1.165, 1.54) is 37.4 Å². The van der Waals surface area contributed by atoms with Gasteiger partial charge in [-0.2, -0.15) is 0 Å². The summed E-state index contributed by atoms with van der Waals surface area (Å²) in [6.45, 7) is 1.83. The van der Waals surface area contributed by atoms with E-state index >= 15 is 0 Å². The monoisotopic (exact) mass is 308 g/mol. The van der Waals surface area contributed by atoms with E-state index in [1.54, 1.807) is 0 Å². The van der Waals surface area contributed by atoms with E-state index in [9.17, 15) is 15.3 Å². The molecule has 1 fully saturated rings. The van der Waals surface area contributed by atoms with Crippen LogP contribution in [0.15, 0.2) is 0 Å². The number of aliphatic hydroxyl groups excluding tert-OH is 4. The molecule has 1 aliphatic rings. The minimum absolute atomic E-state index is 0.362. The average Bonchev–Trinajstić information content (AvgIpc) is 2.46. The number of thioether (sulfide) groups is 1. The summed E-state index contributed by atoms with van der Waals surface area (Å²) in [5, 5.41) is 38.3. The summed E-state index contributed by atoms with van der Waals surface area (Å²) in [4.78, 5) is 0. The summed E-state index contributed by atoms with van der Waals surface area (Å²) in [6.07, 6.45) is 2.77. The maximum atomic E-state index is 9.86. The molecule has 0 aromatic carbocycles. The van der Waals surface area contributed by atoms with Gasteiger partial charge >= 0.3 is 0 Å². The van der Waals surface area contributed by atoms with Crippen LogP contribution in [0.3, 0.4) is 0 Å². The molecule has 4 N–H and O–H groups in total. The third-order valence-electron chi connectivity index (χ3n) is 3.63. The topological polar surface area (TPSA) is 90.2 Å². The molecule has 6 heteroatoms. The van der Waals surface area contributed by atoms with Crippen molar-refractivity contribution in [3.63, 3.8) is 0 Å². The highest BCUT2D eigenvalue weighted by atomic mass is 32.2. The molecule has 0 aromatic heterocycles. The Hall–Kier alpha value is 0.150. The van der Waals surface area contributed by atoms with E-state index in [0.29, 0.717) is 0 Å². The lowest BCUT2D eigenvalue weighted by atomic mass is 10.0. The van der Waals surface area contributed by atoms with Crippen LogP contribution >= 0.6 is 11.8 Å². The molecule has 0 unspecified atom stereocenters. The lowest BCUT2D eigenvalue weighted by Gasteiger charge is -2.39. The zero-order valence-electron chi connectivity index (χ0n) is 12.1. The van der Waals surface area contributed by atoms with Crippen molar-refractivity contribution in [2.45, 2.75) is 75.3 Å². The van der Waals surface area contributed by atoms with Crippen molar-refractivity contribution in [2.75, 3.05) is 12.4 Å². The lowest BCUT2D eigenvalue weighted by Crippen LogP contribution is -2.57. The van der Waals surface area contributed by atoms with E-state index in [1.807, 2.05) is 0 Å². The van der Waals surface area contributed by atoms with E-state index < -0.39 is 29.9 Å². The average molecular weight is 308 g/mol. The maximum Gasteiger partial charge on any atom is 0.132 e. The summed E-state index contributed by atoms with van der Waals surface area (Å²) in [7, 11) is 0. The molecule has 5 atom stereocenters. The number of hydrogen-bond acceptors (Lipinski definition) is 6. The summed E-state index contributed by atoms with van der Waals surface area (Å²) < 4.78 is 5.43. The molecule has 0 aromatic rings. The predicted molar refractivity (Wildman–Crippen MR) is 79.6 cm³/mol. The predicted octanol–water partition coefficient (Wildman–Crippen LogP) is 0.880. The Kier molecular flexibility index (Phi) is 9.08. The van der Waals surface area contributed by atoms with Crippen molar-refractivity contribution in [3.05, 3.63) is 0 Å². The Morgan fingerprint density at radius 2 is 1.55 bits per heavy atom.